The minimum Gasteiger partial charge on any atom is -0.469 e. The summed E-state index contributed by atoms with van der Waals surface area (Å²) in [6.07, 6.45) is 6.87. The molecule has 110 valence electrons. The van der Waals surface area contributed by atoms with Gasteiger partial charge in [0, 0.05) is 51.6 Å². The molecular weight excluding hydrogens is 266 g/mol. The van der Waals surface area contributed by atoms with Crippen LogP contribution < -0.4 is 4.90 Å². The third kappa shape index (κ3) is 2.63. The Morgan fingerprint density at radius 3 is 3.05 bits per heavy atom. The van der Waals surface area contributed by atoms with Crippen molar-refractivity contribution in [2.24, 2.45) is 0 Å². The molecule has 1 aliphatic rings. The van der Waals surface area contributed by atoms with Gasteiger partial charge in [-0.25, -0.2) is 0 Å². The molecule has 0 unspecified atom stereocenters. The van der Waals surface area contributed by atoms with Crippen LogP contribution in [0.1, 0.15) is 28.1 Å². The number of anilines is 1. The van der Waals surface area contributed by atoms with Gasteiger partial charge in [-0.15, -0.1) is 0 Å². The number of pyridine rings is 1. The van der Waals surface area contributed by atoms with E-state index in [4.69, 9.17) is 4.42 Å². The second kappa shape index (κ2) is 5.60. The van der Waals surface area contributed by atoms with Gasteiger partial charge in [0.25, 0.3) is 5.91 Å². The van der Waals surface area contributed by atoms with Gasteiger partial charge in [-0.2, -0.15) is 0 Å². The Morgan fingerprint density at radius 2 is 2.24 bits per heavy atom. The van der Waals surface area contributed by atoms with Crippen LogP contribution in [0.15, 0.2) is 35.2 Å². The highest BCUT2D eigenvalue weighted by Crippen LogP contribution is 2.24. The van der Waals surface area contributed by atoms with E-state index < -0.39 is 0 Å². The van der Waals surface area contributed by atoms with Crippen LogP contribution in [-0.4, -0.2) is 36.4 Å². The number of furan rings is 1. The van der Waals surface area contributed by atoms with E-state index in [0.717, 1.165) is 36.4 Å². The Morgan fingerprint density at radius 1 is 1.38 bits per heavy atom. The van der Waals surface area contributed by atoms with E-state index in [2.05, 4.69) is 4.98 Å². The summed E-state index contributed by atoms with van der Waals surface area (Å²) in [6.45, 7) is 1.34. The van der Waals surface area contributed by atoms with E-state index in [9.17, 15) is 4.79 Å². The number of hydrogen-bond donors (Lipinski definition) is 0. The first-order valence-electron chi connectivity index (χ1n) is 7.12. The molecule has 0 atom stereocenters. The van der Waals surface area contributed by atoms with Crippen molar-refractivity contribution < 1.29 is 9.21 Å². The molecule has 0 fully saturated rings. The molecule has 2 aromatic heterocycles. The fraction of sp³-hybridized carbons (Fsp3) is 0.375. The zero-order valence-corrected chi connectivity index (χ0v) is 12.4. The van der Waals surface area contributed by atoms with Crippen LogP contribution in [-0.2, 0) is 13.0 Å². The summed E-state index contributed by atoms with van der Waals surface area (Å²) in [6, 6.07) is 3.82. The summed E-state index contributed by atoms with van der Waals surface area (Å²) < 4.78 is 5.47. The van der Waals surface area contributed by atoms with E-state index in [-0.39, 0.29) is 5.91 Å². The molecule has 5 nitrogen and oxygen atoms in total. The number of rotatable bonds is 2. The van der Waals surface area contributed by atoms with Gasteiger partial charge in [-0.3, -0.25) is 9.78 Å². The lowest BCUT2D eigenvalue weighted by atomic mass is 10.2. The number of hydrogen-bond acceptors (Lipinski definition) is 4. The lowest BCUT2D eigenvalue weighted by molar-refractivity contribution is 0.0746. The van der Waals surface area contributed by atoms with E-state index in [1.807, 2.05) is 36.0 Å². The molecule has 3 rings (SSSR count). The molecule has 1 amide bonds. The van der Waals surface area contributed by atoms with Gasteiger partial charge in [-0.05, 0) is 18.6 Å². The SMILES string of the molecule is CN(C)c1ccncc1C(=O)N1CCCc2occc2C1. The van der Waals surface area contributed by atoms with Gasteiger partial charge >= 0.3 is 0 Å². The number of carbonyl (C=O) groups is 1. The van der Waals surface area contributed by atoms with E-state index in [0.29, 0.717) is 12.1 Å². The Hall–Kier alpha value is -2.30. The fourth-order valence-electron chi connectivity index (χ4n) is 2.73. The smallest absolute Gasteiger partial charge is 0.257 e. The van der Waals surface area contributed by atoms with Gasteiger partial charge in [-0.1, -0.05) is 0 Å². The summed E-state index contributed by atoms with van der Waals surface area (Å²) in [5.74, 6) is 1.03. The van der Waals surface area contributed by atoms with Crippen LogP contribution in [0.4, 0.5) is 5.69 Å². The Kier molecular flexibility index (Phi) is 3.64. The molecule has 0 aliphatic carbocycles. The minimum absolute atomic E-state index is 0.0286. The molecule has 0 saturated carbocycles. The maximum atomic E-state index is 12.8. The second-order valence-electron chi connectivity index (χ2n) is 5.49. The lowest BCUT2D eigenvalue weighted by Gasteiger charge is -2.23. The zero-order chi connectivity index (χ0) is 14.8. The van der Waals surface area contributed by atoms with E-state index >= 15 is 0 Å². The second-order valence-corrected chi connectivity index (χ2v) is 5.49. The molecule has 0 bridgehead atoms. The summed E-state index contributed by atoms with van der Waals surface area (Å²) in [5.41, 5.74) is 2.65. The van der Waals surface area contributed by atoms with Crippen molar-refractivity contribution in [2.75, 3.05) is 25.5 Å². The van der Waals surface area contributed by atoms with Crippen molar-refractivity contribution in [3.63, 3.8) is 0 Å². The molecule has 0 saturated heterocycles. The van der Waals surface area contributed by atoms with Gasteiger partial charge < -0.3 is 14.2 Å². The summed E-state index contributed by atoms with van der Waals surface area (Å²) in [4.78, 5) is 20.8. The first-order chi connectivity index (χ1) is 10.2. The zero-order valence-electron chi connectivity index (χ0n) is 12.4. The first-order valence-corrected chi connectivity index (χ1v) is 7.12. The highest BCUT2D eigenvalue weighted by molar-refractivity contribution is 5.99. The van der Waals surface area contributed by atoms with Crippen LogP contribution in [0.2, 0.25) is 0 Å². The largest absolute Gasteiger partial charge is 0.469 e. The van der Waals surface area contributed by atoms with Crippen molar-refractivity contribution in [3.05, 3.63) is 47.7 Å². The van der Waals surface area contributed by atoms with Gasteiger partial charge in [0.05, 0.1) is 17.5 Å². The number of amides is 1. The topological polar surface area (TPSA) is 49.6 Å². The standard InChI is InChI=1S/C16H19N3O2/c1-18(2)14-5-7-17-10-13(14)16(20)19-8-3-4-15-12(11-19)6-9-21-15/h5-7,9-10H,3-4,8,11H2,1-2H3. The van der Waals surface area contributed by atoms with Crippen LogP contribution in [0.3, 0.4) is 0 Å². The predicted molar refractivity (Wildman–Crippen MR) is 80.3 cm³/mol. The van der Waals surface area contributed by atoms with Gasteiger partial charge in [0.2, 0.25) is 0 Å². The van der Waals surface area contributed by atoms with E-state index in [1.165, 1.54) is 0 Å². The van der Waals surface area contributed by atoms with Crippen molar-refractivity contribution >= 4 is 11.6 Å². The van der Waals surface area contributed by atoms with Crippen LogP contribution in [0, 0.1) is 0 Å². The minimum atomic E-state index is 0.0286. The first kappa shape index (κ1) is 13.7. The maximum absolute atomic E-state index is 12.8. The molecule has 0 N–H and O–H groups in total. The van der Waals surface area contributed by atoms with E-state index in [1.54, 1.807) is 18.7 Å². The lowest BCUT2D eigenvalue weighted by Crippen LogP contribution is -2.32. The summed E-state index contributed by atoms with van der Waals surface area (Å²) in [7, 11) is 3.87. The number of carbonyl (C=O) groups excluding carboxylic acids is 1. The van der Waals surface area contributed by atoms with Crippen molar-refractivity contribution in [1.82, 2.24) is 9.88 Å². The summed E-state index contributed by atoms with van der Waals surface area (Å²) in [5, 5.41) is 0. The Labute approximate surface area is 124 Å². The average Bonchev–Trinajstić information content (AvgIpc) is 2.83. The molecule has 21 heavy (non-hydrogen) atoms. The monoisotopic (exact) mass is 285 g/mol. The third-order valence-electron chi connectivity index (χ3n) is 3.83. The molecule has 0 aromatic carbocycles. The predicted octanol–water partition coefficient (Wildman–Crippen LogP) is 2.33. The van der Waals surface area contributed by atoms with Gasteiger partial charge in [0.15, 0.2) is 0 Å². The number of nitrogens with zero attached hydrogens (tertiary/aromatic N) is 3. The highest BCUT2D eigenvalue weighted by atomic mass is 16.3. The van der Waals surface area contributed by atoms with Crippen LogP contribution in [0.25, 0.3) is 0 Å². The molecule has 0 radical (unpaired) electrons. The van der Waals surface area contributed by atoms with Crippen molar-refractivity contribution in [1.29, 1.82) is 0 Å². The number of aryl methyl sites for hydroxylation is 1. The average molecular weight is 285 g/mol. The van der Waals surface area contributed by atoms with Crippen molar-refractivity contribution in [2.45, 2.75) is 19.4 Å². The highest BCUT2D eigenvalue weighted by Gasteiger charge is 2.24. The molecule has 1 aliphatic heterocycles. The Balaban J connectivity index is 1.89. The fourth-order valence-corrected chi connectivity index (χ4v) is 2.73. The molecule has 0 spiro atoms. The van der Waals surface area contributed by atoms with Gasteiger partial charge in [0.1, 0.15) is 5.76 Å². The number of aromatic nitrogens is 1. The molecule has 2 aromatic rings. The maximum Gasteiger partial charge on any atom is 0.257 e. The van der Waals surface area contributed by atoms with Crippen molar-refractivity contribution in [3.8, 4) is 0 Å². The Bertz CT molecular complexity index is 648. The van der Waals surface area contributed by atoms with Crippen LogP contribution >= 0.6 is 0 Å². The quantitative estimate of drug-likeness (QED) is 0.849. The molecule has 3 heterocycles. The normalized spacial score (nSPS) is 14.5. The van der Waals surface area contributed by atoms with Crippen LogP contribution in [0.5, 0.6) is 0 Å². The molecular formula is C16H19N3O2. The molecule has 5 heteroatoms. The number of fused-ring (bicyclic) bond motifs is 1. The third-order valence-corrected chi connectivity index (χ3v) is 3.83. The summed E-state index contributed by atoms with van der Waals surface area (Å²) >= 11 is 0.